The molecule has 1 unspecified atom stereocenters. The van der Waals surface area contributed by atoms with Gasteiger partial charge in [0.2, 0.25) is 0 Å². The molecule has 0 spiro atoms. The van der Waals surface area contributed by atoms with Gasteiger partial charge in [-0.3, -0.25) is 4.84 Å². The van der Waals surface area contributed by atoms with Crippen LogP contribution in [0.1, 0.15) is 20.3 Å². The van der Waals surface area contributed by atoms with Crippen LogP contribution in [0.2, 0.25) is 0 Å². The van der Waals surface area contributed by atoms with E-state index in [1.807, 2.05) is 13.8 Å². The summed E-state index contributed by atoms with van der Waals surface area (Å²) in [5, 5.41) is 8.67. The summed E-state index contributed by atoms with van der Waals surface area (Å²) in [6.07, 6.45) is -0.126. The minimum atomic E-state index is -0.713. The fraction of sp³-hybridized carbons (Fsp3) is 1.00. The van der Waals surface area contributed by atoms with Crippen molar-refractivity contribution in [1.29, 1.82) is 0 Å². The minimum absolute atomic E-state index is 0.587. The quantitative estimate of drug-likeness (QED) is 0.425. The highest BCUT2D eigenvalue weighted by atomic mass is 16.7. The first kappa shape index (κ1) is 7.88. The zero-order chi connectivity index (χ0) is 6.41. The molecule has 1 atom stereocenters. The van der Waals surface area contributed by atoms with Crippen LogP contribution in [-0.2, 0) is 4.84 Å². The summed E-state index contributed by atoms with van der Waals surface area (Å²) in [4.78, 5) is 4.52. The SMILES string of the molecule is CC[N]OC(O)CC. The van der Waals surface area contributed by atoms with Crippen molar-refractivity contribution in [2.45, 2.75) is 26.6 Å². The second-order valence-corrected chi connectivity index (χ2v) is 1.41. The highest BCUT2D eigenvalue weighted by molar-refractivity contribution is 4.28. The van der Waals surface area contributed by atoms with Crippen LogP contribution in [0.4, 0.5) is 0 Å². The van der Waals surface area contributed by atoms with Gasteiger partial charge in [0.25, 0.3) is 0 Å². The predicted molar refractivity (Wildman–Crippen MR) is 30.1 cm³/mol. The maximum atomic E-state index is 8.67. The van der Waals surface area contributed by atoms with Crippen LogP contribution in [0.25, 0.3) is 0 Å². The first-order chi connectivity index (χ1) is 3.81. The highest BCUT2D eigenvalue weighted by Crippen LogP contribution is 1.88. The molecule has 3 nitrogen and oxygen atoms in total. The topological polar surface area (TPSA) is 43.6 Å². The number of rotatable bonds is 4. The van der Waals surface area contributed by atoms with Crippen LogP contribution in [0, 0.1) is 0 Å². The molecule has 0 saturated carbocycles. The summed E-state index contributed by atoms with van der Waals surface area (Å²) in [6.45, 7) is 4.27. The number of hydrogen-bond acceptors (Lipinski definition) is 2. The molecule has 8 heavy (non-hydrogen) atoms. The molecule has 0 fully saturated rings. The second-order valence-electron chi connectivity index (χ2n) is 1.41. The normalized spacial score (nSPS) is 13.9. The predicted octanol–water partition coefficient (Wildman–Crippen LogP) is 0.271. The van der Waals surface area contributed by atoms with Gasteiger partial charge in [0.15, 0.2) is 6.29 Å². The first-order valence-corrected chi connectivity index (χ1v) is 2.82. The van der Waals surface area contributed by atoms with Gasteiger partial charge in [0, 0.05) is 6.54 Å². The molecule has 0 aliphatic rings. The van der Waals surface area contributed by atoms with Gasteiger partial charge < -0.3 is 5.11 Å². The Morgan fingerprint density at radius 1 is 1.62 bits per heavy atom. The van der Waals surface area contributed by atoms with Crippen molar-refractivity contribution in [3.05, 3.63) is 0 Å². The summed E-state index contributed by atoms with van der Waals surface area (Å²) in [5.41, 5.74) is 3.49. The standard InChI is InChI=1S/C5H12NO2/c1-3-5(7)8-6-4-2/h5,7H,3-4H2,1-2H3. The zero-order valence-corrected chi connectivity index (χ0v) is 5.29. The van der Waals surface area contributed by atoms with E-state index in [1.54, 1.807) is 0 Å². The molecule has 0 aromatic carbocycles. The summed E-state index contributed by atoms with van der Waals surface area (Å²) in [6, 6.07) is 0. The fourth-order valence-electron chi connectivity index (χ4n) is 0.235. The van der Waals surface area contributed by atoms with E-state index >= 15 is 0 Å². The van der Waals surface area contributed by atoms with E-state index in [-0.39, 0.29) is 0 Å². The van der Waals surface area contributed by atoms with Gasteiger partial charge in [0.1, 0.15) is 0 Å². The lowest BCUT2D eigenvalue weighted by Crippen LogP contribution is -2.16. The molecule has 0 heterocycles. The Balaban J connectivity index is 2.86. The van der Waals surface area contributed by atoms with Crippen molar-refractivity contribution >= 4 is 0 Å². The lowest BCUT2D eigenvalue weighted by Gasteiger charge is -2.04. The molecule has 0 aliphatic carbocycles. The van der Waals surface area contributed by atoms with Crippen molar-refractivity contribution in [2.75, 3.05) is 6.54 Å². The number of aliphatic hydroxyl groups is 1. The van der Waals surface area contributed by atoms with Crippen molar-refractivity contribution in [3.63, 3.8) is 0 Å². The summed E-state index contributed by atoms with van der Waals surface area (Å²) in [5.74, 6) is 0. The molecule has 0 amide bonds. The van der Waals surface area contributed by atoms with Crippen molar-refractivity contribution in [3.8, 4) is 0 Å². The maximum Gasteiger partial charge on any atom is 0.176 e. The molecular formula is C5H12NO2. The molecule has 3 heteroatoms. The monoisotopic (exact) mass is 118 g/mol. The van der Waals surface area contributed by atoms with Crippen molar-refractivity contribution in [2.24, 2.45) is 0 Å². The van der Waals surface area contributed by atoms with Gasteiger partial charge in [-0.2, -0.15) is 0 Å². The summed E-state index contributed by atoms with van der Waals surface area (Å²) < 4.78 is 0. The average molecular weight is 118 g/mol. The Labute approximate surface area is 49.6 Å². The fourth-order valence-corrected chi connectivity index (χ4v) is 0.235. The first-order valence-electron chi connectivity index (χ1n) is 2.82. The summed E-state index contributed by atoms with van der Waals surface area (Å²) >= 11 is 0. The van der Waals surface area contributed by atoms with Gasteiger partial charge in [0.05, 0.1) is 0 Å². The molecule has 0 saturated heterocycles. The van der Waals surface area contributed by atoms with E-state index < -0.39 is 6.29 Å². The number of hydrogen-bond donors (Lipinski definition) is 1. The molecular weight excluding hydrogens is 106 g/mol. The van der Waals surface area contributed by atoms with E-state index in [1.165, 1.54) is 0 Å². The lowest BCUT2D eigenvalue weighted by molar-refractivity contribution is -0.150. The second kappa shape index (κ2) is 5.03. The molecule has 1 N–H and O–H groups in total. The third-order valence-corrected chi connectivity index (χ3v) is 0.675. The van der Waals surface area contributed by atoms with Gasteiger partial charge in [-0.15, -0.1) is 0 Å². The Bertz CT molecular complexity index is 49.7. The average Bonchev–Trinajstić information content (AvgIpc) is 1.83. The Hall–Kier alpha value is -0.120. The van der Waals surface area contributed by atoms with Crippen LogP contribution in [0.3, 0.4) is 0 Å². The molecule has 0 aliphatic heterocycles. The van der Waals surface area contributed by atoms with E-state index in [9.17, 15) is 0 Å². The summed E-state index contributed by atoms with van der Waals surface area (Å²) in [7, 11) is 0. The van der Waals surface area contributed by atoms with Gasteiger partial charge in [-0.05, 0) is 13.3 Å². The third kappa shape index (κ3) is 4.05. The van der Waals surface area contributed by atoms with Crippen LogP contribution in [0.15, 0.2) is 0 Å². The van der Waals surface area contributed by atoms with Crippen LogP contribution in [-0.4, -0.2) is 17.9 Å². The Morgan fingerprint density at radius 3 is 2.62 bits per heavy atom. The van der Waals surface area contributed by atoms with Gasteiger partial charge in [-0.1, -0.05) is 12.4 Å². The van der Waals surface area contributed by atoms with E-state index in [4.69, 9.17) is 5.11 Å². The molecule has 0 bridgehead atoms. The maximum absolute atomic E-state index is 8.67. The van der Waals surface area contributed by atoms with Crippen molar-refractivity contribution in [1.82, 2.24) is 5.48 Å². The molecule has 1 radical (unpaired) electrons. The number of nitrogens with zero attached hydrogens (tertiary/aromatic N) is 1. The molecule has 49 valence electrons. The highest BCUT2D eigenvalue weighted by Gasteiger charge is 1.97. The van der Waals surface area contributed by atoms with Gasteiger partial charge in [-0.25, -0.2) is 0 Å². The van der Waals surface area contributed by atoms with Crippen LogP contribution < -0.4 is 5.48 Å². The molecule has 0 aromatic rings. The van der Waals surface area contributed by atoms with Crippen molar-refractivity contribution < 1.29 is 9.94 Å². The number of aliphatic hydroxyl groups excluding tert-OH is 1. The molecule has 0 aromatic heterocycles. The zero-order valence-electron chi connectivity index (χ0n) is 5.29. The Kier molecular flexibility index (Phi) is 4.95. The molecule has 0 rings (SSSR count). The van der Waals surface area contributed by atoms with E-state index in [0.29, 0.717) is 13.0 Å². The smallest absolute Gasteiger partial charge is 0.176 e. The van der Waals surface area contributed by atoms with E-state index in [0.717, 1.165) is 0 Å². The largest absolute Gasteiger partial charge is 0.366 e. The van der Waals surface area contributed by atoms with E-state index in [2.05, 4.69) is 10.3 Å². The third-order valence-electron chi connectivity index (χ3n) is 0.675. The van der Waals surface area contributed by atoms with Crippen LogP contribution >= 0.6 is 0 Å². The number of hydroxylamine groups is 1. The minimum Gasteiger partial charge on any atom is -0.366 e. The lowest BCUT2D eigenvalue weighted by atomic mass is 10.5. The van der Waals surface area contributed by atoms with Gasteiger partial charge >= 0.3 is 0 Å². The van der Waals surface area contributed by atoms with Crippen LogP contribution in [0.5, 0.6) is 0 Å². The Morgan fingerprint density at radius 2 is 2.25 bits per heavy atom.